The molecule has 66 valence electrons. The van der Waals surface area contributed by atoms with Gasteiger partial charge in [0.15, 0.2) is 0 Å². The van der Waals surface area contributed by atoms with E-state index in [-0.39, 0.29) is 0 Å². The van der Waals surface area contributed by atoms with Crippen molar-refractivity contribution in [1.29, 1.82) is 0 Å². The average molecular weight is 171 g/mol. The average Bonchev–Trinajstić information content (AvgIpc) is 2.15. The zero-order valence-corrected chi connectivity index (χ0v) is 7.99. The van der Waals surface area contributed by atoms with Crippen molar-refractivity contribution < 1.29 is 0 Å². The second-order valence-corrected chi connectivity index (χ2v) is 2.99. The van der Waals surface area contributed by atoms with Gasteiger partial charge in [-0.3, -0.25) is 0 Å². The van der Waals surface area contributed by atoms with Crippen molar-refractivity contribution in [2.75, 3.05) is 19.0 Å². The molecule has 0 radical (unpaired) electrons. The van der Waals surface area contributed by atoms with E-state index < -0.39 is 0 Å². The maximum Gasteiger partial charge on any atom is 0.0361 e. The Bertz CT molecular complexity index is 325. The smallest absolute Gasteiger partial charge is 0.0361 e. The first-order valence-corrected chi connectivity index (χ1v) is 4.14. The number of anilines is 1. The van der Waals surface area contributed by atoms with Crippen LogP contribution in [0.3, 0.4) is 0 Å². The number of terminal acetylenes is 1. The lowest BCUT2D eigenvalue weighted by Crippen LogP contribution is -2.07. The summed E-state index contributed by atoms with van der Waals surface area (Å²) in [5, 5.41) is 0. The lowest BCUT2D eigenvalue weighted by Gasteiger charge is -2.11. The number of hydrogen-bond acceptors (Lipinski definition) is 1. The molecule has 0 aromatic heterocycles. The topological polar surface area (TPSA) is 3.24 Å². The van der Waals surface area contributed by atoms with Crippen LogP contribution < -0.4 is 4.90 Å². The Balaban J connectivity index is 2.83. The number of benzene rings is 1. The molecule has 0 spiro atoms. The highest BCUT2D eigenvalue weighted by molar-refractivity contribution is 5.57. The van der Waals surface area contributed by atoms with Gasteiger partial charge in [-0.2, -0.15) is 0 Å². The van der Waals surface area contributed by atoms with Gasteiger partial charge in [-0.05, 0) is 29.8 Å². The van der Waals surface area contributed by atoms with Crippen LogP contribution in [0.15, 0.2) is 30.3 Å². The zero-order chi connectivity index (χ0) is 9.68. The highest BCUT2D eigenvalue weighted by Gasteiger charge is 1.92. The molecule has 0 aliphatic carbocycles. The fourth-order valence-corrected chi connectivity index (χ4v) is 1.03. The van der Waals surface area contributed by atoms with Crippen LogP contribution >= 0.6 is 0 Å². The van der Waals surface area contributed by atoms with E-state index in [2.05, 4.69) is 23.0 Å². The molecule has 0 saturated heterocycles. The molecule has 0 fully saturated rings. The van der Waals surface area contributed by atoms with E-state index in [1.165, 1.54) is 5.69 Å². The molecular formula is C12H13N. The van der Waals surface area contributed by atoms with Gasteiger partial charge in [0.1, 0.15) is 0 Å². The van der Waals surface area contributed by atoms with Crippen molar-refractivity contribution in [2.24, 2.45) is 0 Å². The summed E-state index contributed by atoms with van der Waals surface area (Å²) in [5.74, 6) is 2.46. The van der Waals surface area contributed by atoms with Gasteiger partial charge < -0.3 is 4.90 Å². The molecule has 1 nitrogen and oxygen atoms in total. The van der Waals surface area contributed by atoms with Crippen LogP contribution in [0, 0.1) is 12.3 Å². The highest BCUT2D eigenvalue weighted by Crippen LogP contribution is 2.12. The summed E-state index contributed by atoms with van der Waals surface area (Å²) in [4.78, 5) is 2.06. The molecule has 13 heavy (non-hydrogen) atoms. The lowest BCUT2D eigenvalue weighted by atomic mass is 10.2. The molecule has 0 aliphatic heterocycles. The largest absolute Gasteiger partial charge is 0.378 e. The van der Waals surface area contributed by atoms with E-state index in [1.807, 2.05) is 32.3 Å². The molecular weight excluding hydrogens is 158 g/mol. The molecule has 1 heteroatoms. The molecule has 0 unspecified atom stereocenters. The third kappa shape index (κ3) is 2.68. The van der Waals surface area contributed by atoms with Crippen molar-refractivity contribution in [3.05, 3.63) is 35.9 Å². The molecule has 0 N–H and O–H groups in total. The normalized spacial score (nSPS) is 9.92. The lowest BCUT2D eigenvalue weighted by molar-refractivity contribution is 1.13. The molecule has 0 aliphatic rings. The van der Waals surface area contributed by atoms with Gasteiger partial charge in [-0.15, -0.1) is 6.42 Å². The first kappa shape index (κ1) is 9.41. The number of allylic oxidation sites excluding steroid dienone is 1. The molecule has 1 aromatic carbocycles. The van der Waals surface area contributed by atoms with E-state index in [0.717, 1.165) is 5.56 Å². The Morgan fingerprint density at radius 1 is 1.23 bits per heavy atom. The predicted octanol–water partition coefficient (Wildman–Crippen LogP) is 2.40. The molecule has 1 aromatic rings. The Hall–Kier alpha value is -1.68. The fraction of sp³-hybridized carbons (Fsp3) is 0.167. The quantitative estimate of drug-likeness (QED) is 0.618. The molecule has 0 amide bonds. The molecule has 0 heterocycles. The first-order chi connectivity index (χ1) is 6.24. The monoisotopic (exact) mass is 171 g/mol. The first-order valence-electron chi connectivity index (χ1n) is 4.14. The van der Waals surface area contributed by atoms with Gasteiger partial charge in [0, 0.05) is 19.8 Å². The van der Waals surface area contributed by atoms with Gasteiger partial charge in [-0.25, -0.2) is 0 Å². The summed E-state index contributed by atoms with van der Waals surface area (Å²) in [6.45, 7) is 0. The van der Waals surface area contributed by atoms with Crippen molar-refractivity contribution >= 4 is 11.8 Å². The standard InChI is InChI=1S/C12H13N/c1-4-5-6-11-7-9-12(10-8-11)13(2)3/h1,5-10H,2-3H3. The van der Waals surface area contributed by atoms with E-state index in [9.17, 15) is 0 Å². The molecule has 1 rings (SSSR count). The Labute approximate surface area is 79.7 Å². The Kier molecular flexibility index (Phi) is 3.16. The maximum atomic E-state index is 5.11. The Morgan fingerprint density at radius 3 is 2.31 bits per heavy atom. The number of rotatable bonds is 2. The Morgan fingerprint density at radius 2 is 1.85 bits per heavy atom. The van der Waals surface area contributed by atoms with E-state index in [4.69, 9.17) is 6.42 Å². The van der Waals surface area contributed by atoms with Crippen LogP contribution in [0.25, 0.3) is 6.08 Å². The van der Waals surface area contributed by atoms with Gasteiger partial charge in [0.2, 0.25) is 0 Å². The van der Waals surface area contributed by atoms with Gasteiger partial charge >= 0.3 is 0 Å². The fourth-order valence-electron chi connectivity index (χ4n) is 1.03. The summed E-state index contributed by atoms with van der Waals surface area (Å²) in [7, 11) is 4.04. The van der Waals surface area contributed by atoms with E-state index in [0.29, 0.717) is 0 Å². The van der Waals surface area contributed by atoms with E-state index in [1.54, 1.807) is 6.08 Å². The minimum absolute atomic E-state index is 1.13. The van der Waals surface area contributed by atoms with Crippen molar-refractivity contribution in [3.8, 4) is 12.3 Å². The number of nitrogens with zero attached hydrogens (tertiary/aromatic N) is 1. The van der Waals surface area contributed by atoms with Crippen LogP contribution in [-0.4, -0.2) is 14.1 Å². The minimum Gasteiger partial charge on any atom is -0.378 e. The van der Waals surface area contributed by atoms with Gasteiger partial charge in [0.25, 0.3) is 0 Å². The van der Waals surface area contributed by atoms with Crippen LogP contribution in [0.2, 0.25) is 0 Å². The van der Waals surface area contributed by atoms with Crippen molar-refractivity contribution in [3.63, 3.8) is 0 Å². The van der Waals surface area contributed by atoms with Crippen LogP contribution in [0.4, 0.5) is 5.69 Å². The summed E-state index contributed by atoms with van der Waals surface area (Å²) < 4.78 is 0. The van der Waals surface area contributed by atoms with E-state index >= 15 is 0 Å². The molecule has 0 atom stereocenters. The summed E-state index contributed by atoms with van der Waals surface area (Å²) in [6, 6.07) is 8.22. The summed E-state index contributed by atoms with van der Waals surface area (Å²) >= 11 is 0. The zero-order valence-electron chi connectivity index (χ0n) is 7.99. The van der Waals surface area contributed by atoms with Crippen molar-refractivity contribution in [1.82, 2.24) is 0 Å². The second kappa shape index (κ2) is 4.37. The van der Waals surface area contributed by atoms with Crippen molar-refractivity contribution in [2.45, 2.75) is 0 Å². The minimum atomic E-state index is 1.13. The van der Waals surface area contributed by atoms with Gasteiger partial charge in [0.05, 0.1) is 0 Å². The maximum absolute atomic E-state index is 5.11. The molecule has 0 saturated carbocycles. The molecule has 0 bridgehead atoms. The summed E-state index contributed by atoms with van der Waals surface area (Å²) in [5.41, 5.74) is 2.32. The SMILES string of the molecule is C#CC=Cc1ccc(N(C)C)cc1. The van der Waals surface area contributed by atoms with Crippen LogP contribution in [-0.2, 0) is 0 Å². The third-order valence-electron chi connectivity index (χ3n) is 1.78. The van der Waals surface area contributed by atoms with Crippen LogP contribution in [0.1, 0.15) is 5.56 Å². The number of hydrogen-bond donors (Lipinski definition) is 0. The van der Waals surface area contributed by atoms with Crippen LogP contribution in [0.5, 0.6) is 0 Å². The highest BCUT2D eigenvalue weighted by atomic mass is 15.1. The van der Waals surface area contributed by atoms with Gasteiger partial charge in [-0.1, -0.05) is 18.1 Å². The second-order valence-electron chi connectivity index (χ2n) is 2.99. The summed E-state index contributed by atoms with van der Waals surface area (Å²) in [6.07, 6.45) is 8.72. The predicted molar refractivity (Wildman–Crippen MR) is 58.6 cm³/mol. The third-order valence-corrected chi connectivity index (χ3v) is 1.78.